The van der Waals surface area contributed by atoms with E-state index in [1.807, 2.05) is 73.5 Å². The number of nitrogens with zero attached hydrogens (tertiary/aromatic N) is 1. The molecule has 0 amide bonds. The lowest BCUT2D eigenvalue weighted by Gasteiger charge is -2.18. The number of carbonyl (C=O) groups is 1. The number of rotatable bonds is 4. The number of ketones is 1. The molecule has 0 saturated heterocycles. The zero-order chi connectivity index (χ0) is 13.0. The van der Waals surface area contributed by atoms with E-state index in [4.69, 9.17) is 0 Å². The van der Waals surface area contributed by atoms with E-state index < -0.39 is 0 Å². The number of anilines is 1. The maximum absolute atomic E-state index is 12.2. The summed E-state index contributed by atoms with van der Waals surface area (Å²) in [5, 5.41) is 0. The first kappa shape index (κ1) is 12.4. The second kappa shape index (κ2) is 5.50. The minimum Gasteiger partial charge on any atom is -0.367 e. The second-order valence-corrected chi connectivity index (χ2v) is 4.43. The number of para-hydroxylation sites is 1. The number of hydrogen-bond acceptors (Lipinski definition) is 2. The summed E-state index contributed by atoms with van der Waals surface area (Å²) in [5.74, 6) is 0.152. The minimum absolute atomic E-state index is 0.152. The molecule has 0 aliphatic rings. The number of carbonyl (C=O) groups excluding carboxylic acids is 1. The fourth-order valence-electron chi connectivity index (χ4n) is 1.96. The Morgan fingerprint density at radius 3 is 2.28 bits per heavy atom. The first-order valence-electron chi connectivity index (χ1n) is 6.03. The molecule has 0 atom stereocenters. The summed E-state index contributed by atoms with van der Waals surface area (Å²) in [7, 11) is 1.94. The van der Waals surface area contributed by atoms with Crippen molar-refractivity contribution in [2.75, 3.05) is 18.5 Å². The molecule has 2 heteroatoms. The lowest BCUT2D eigenvalue weighted by molar-refractivity contribution is 0.1000. The summed E-state index contributed by atoms with van der Waals surface area (Å²) in [4.78, 5) is 14.2. The largest absolute Gasteiger partial charge is 0.367 e. The summed E-state index contributed by atoms with van der Waals surface area (Å²) < 4.78 is 0. The van der Waals surface area contributed by atoms with E-state index in [2.05, 4.69) is 0 Å². The standard InChI is InChI=1S/C16H17NO/c1-13-8-6-7-11-15(13)16(18)12-17(2)14-9-4-3-5-10-14/h3-11H,12H2,1-2H3. The van der Waals surface area contributed by atoms with Gasteiger partial charge in [-0.15, -0.1) is 0 Å². The van der Waals surface area contributed by atoms with Crippen LogP contribution in [0.15, 0.2) is 54.6 Å². The van der Waals surface area contributed by atoms with Crippen LogP contribution < -0.4 is 4.90 Å². The number of hydrogen-bond donors (Lipinski definition) is 0. The molecule has 2 aromatic rings. The highest BCUT2D eigenvalue weighted by molar-refractivity contribution is 6.00. The SMILES string of the molecule is Cc1ccccc1C(=O)CN(C)c1ccccc1. The van der Waals surface area contributed by atoms with Crippen LogP contribution in [0.4, 0.5) is 5.69 Å². The molecular formula is C16H17NO. The smallest absolute Gasteiger partial charge is 0.182 e. The Bertz CT molecular complexity index is 534. The Kier molecular flexibility index (Phi) is 3.78. The quantitative estimate of drug-likeness (QED) is 0.763. The number of aryl methyl sites for hydroxylation is 1. The normalized spacial score (nSPS) is 10.1. The third-order valence-corrected chi connectivity index (χ3v) is 3.02. The van der Waals surface area contributed by atoms with Crippen LogP contribution in [0.2, 0.25) is 0 Å². The van der Waals surface area contributed by atoms with E-state index in [1.165, 1.54) is 0 Å². The Morgan fingerprint density at radius 1 is 1.00 bits per heavy atom. The summed E-state index contributed by atoms with van der Waals surface area (Å²) in [6, 6.07) is 17.6. The van der Waals surface area contributed by atoms with Crippen LogP contribution in [0.5, 0.6) is 0 Å². The fraction of sp³-hybridized carbons (Fsp3) is 0.188. The summed E-state index contributed by atoms with van der Waals surface area (Å²) in [6.07, 6.45) is 0. The van der Waals surface area contributed by atoms with Gasteiger partial charge in [0.2, 0.25) is 0 Å². The van der Waals surface area contributed by atoms with E-state index in [1.54, 1.807) is 0 Å². The van der Waals surface area contributed by atoms with Crippen molar-refractivity contribution in [2.24, 2.45) is 0 Å². The van der Waals surface area contributed by atoms with E-state index in [0.717, 1.165) is 16.8 Å². The maximum atomic E-state index is 12.2. The molecular weight excluding hydrogens is 222 g/mol. The number of Topliss-reactive ketones (excluding diaryl/α,β-unsaturated/α-hetero) is 1. The topological polar surface area (TPSA) is 20.3 Å². The molecule has 0 N–H and O–H groups in total. The predicted octanol–water partition coefficient (Wildman–Crippen LogP) is 3.31. The van der Waals surface area contributed by atoms with Gasteiger partial charge in [-0.2, -0.15) is 0 Å². The van der Waals surface area contributed by atoms with Crippen molar-refractivity contribution in [3.8, 4) is 0 Å². The zero-order valence-electron chi connectivity index (χ0n) is 10.8. The molecule has 0 radical (unpaired) electrons. The van der Waals surface area contributed by atoms with E-state index in [0.29, 0.717) is 6.54 Å². The van der Waals surface area contributed by atoms with Crippen molar-refractivity contribution in [3.63, 3.8) is 0 Å². The van der Waals surface area contributed by atoms with Gasteiger partial charge in [0.15, 0.2) is 5.78 Å². The average molecular weight is 239 g/mol. The molecule has 0 aliphatic heterocycles. The van der Waals surface area contributed by atoms with E-state index in [-0.39, 0.29) is 5.78 Å². The zero-order valence-corrected chi connectivity index (χ0v) is 10.8. The second-order valence-electron chi connectivity index (χ2n) is 4.43. The Hall–Kier alpha value is -2.09. The summed E-state index contributed by atoms with van der Waals surface area (Å²) in [5.41, 5.74) is 2.89. The van der Waals surface area contributed by atoms with Gasteiger partial charge in [0.1, 0.15) is 0 Å². The van der Waals surface area contributed by atoms with Crippen LogP contribution in [0.3, 0.4) is 0 Å². The van der Waals surface area contributed by atoms with Crippen LogP contribution in [0.1, 0.15) is 15.9 Å². The third kappa shape index (κ3) is 2.77. The Morgan fingerprint density at radius 2 is 1.61 bits per heavy atom. The highest BCUT2D eigenvalue weighted by Crippen LogP contribution is 2.13. The molecule has 0 spiro atoms. The number of benzene rings is 2. The Balaban J connectivity index is 2.11. The van der Waals surface area contributed by atoms with Gasteiger partial charge in [-0.3, -0.25) is 4.79 Å². The van der Waals surface area contributed by atoms with Crippen molar-refractivity contribution in [3.05, 3.63) is 65.7 Å². The Labute approximate surface area is 108 Å². The monoisotopic (exact) mass is 239 g/mol. The molecule has 0 aliphatic carbocycles. The van der Waals surface area contributed by atoms with Crippen molar-refractivity contribution in [2.45, 2.75) is 6.92 Å². The molecule has 2 nitrogen and oxygen atoms in total. The van der Waals surface area contributed by atoms with Gasteiger partial charge in [-0.25, -0.2) is 0 Å². The fourth-order valence-corrected chi connectivity index (χ4v) is 1.96. The highest BCUT2D eigenvalue weighted by atomic mass is 16.1. The van der Waals surface area contributed by atoms with Gasteiger partial charge in [0.05, 0.1) is 6.54 Å². The first-order valence-corrected chi connectivity index (χ1v) is 6.03. The molecule has 2 aromatic carbocycles. The van der Waals surface area contributed by atoms with Crippen molar-refractivity contribution in [1.82, 2.24) is 0 Å². The van der Waals surface area contributed by atoms with Gasteiger partial charge in [0.25, 0.3) is 0 Å². The van der Waals surface area contributed by atoms with Crippen LogP contribution in [-0.2, 0) is 0 Å². The third-order valence-electron chi connectivity index (χ3n) is 3.02. The molecule has 0 heterocycles. The van der Waals surface area contributed by atoms with Crippen molar-refractivity contribution >= 4 is 11.5 Å². The predicted molar refractivity (Wildman–Crippen MR) is 75.2 cm³/mol. The summed E-state index contributed by atoms with van der Waals surface area (Å²) in [6.45, 7) is 2.37. The lowest BCUT2D eigenvalue weighted by atomic mass is 10.0. The molecule has 18 heavy (non-hydrogen) atoms. The van der Waals surface area contributed by atoms with Crippen LogP contribution in [0.25, 0.3) is 0 Å². The van der Waals surface area contributed by atoms with Gasteiger partial charge in [0, 0.05) is 18.3 Å². The molecule has 0 saturated carbocycles. The minimum atomic E-state index is 0.152. The van der Waals surface area contributed by atoms with Gasteiger partial charge < -0.3 is 4.90 Å². The van der Waals surface area contributed by atoms with Crippen molar-refractivity contribution in [1.29, 1.82) is 0 Å². The maximum Gasteiger partial charge on any atom is 0.182 e. The molecule has 0 aromatic heterocycles. The first-order chi connectivity index (χ1) is 8.68. The molecule has 0 unspecified atom stereocenters. The lowest BCUT2D eigenvalue weighted by Crippen LogP contribution is -2.25. The molecule has 0 bridgehead atoms. The van der Waals surface area contributed by atoms with Crippen LogP contribution >= 0.6 is 0 Å². The van der Waals surface area contributed by atoms with Gasteiger partial charge in [-0.05, 0) is 24.6 Å². The summed E-state index contributed by atoms with van der Waals surface area (Å²) >= 11 is 0. The van der Waals surface area contributed by atoms with E-state index >= 15 is 0 Å². The molecule has 92 valence electrons. The number of likely N-dealkylation sites (N-methyl/N-ethyl adjacent to an activating group) is 1. The van der Waals surface area contributed by atoms with Crippen molar-refractivity contribution < 1.29 is 4.79 Å². The van der Waals surface area contributed by atoms with Gasteiger partial charge >= 0.3 is 0 Å². The highest BCUT2D eigenvalue weighted by Gasteiger charge is 2.11. The van der Waals surface area contributed by atoms with E-state index in [9.17, 15) is 4.79 Å². The molecule has 0 fully saturated rings. The van der Waals surface area contributed by atoms with Gasteiger partial charge in [-0.1, -0.05) is 42.5 Å². The molecule has 2 rings (SSSR count). The van der Waals surface area contributed by atoms with Crippen LogP contribution in [-0.4, -0.2) is 19.4 Å². The van der Waals surface area contributed by atoms with Crippen LogP contribution in [0, 0.1) is 6.92 Å². The average Bonchev–Trinajstić information content (AvgIpc) is 2.40.